The summed E-state index contributed by atoms with van der Waals surface area (Å²) in [4.78, 5) is 10.7. The van der Waals surface area contributed by atoms with Gasteiger partial charge >= 0.3 is 5.97 Å². The van der Waals surface area contributed by atoms with E-state index in [1.165, 1.54) is 0 Å². The van der Waals surface area contributed by atoms with E-state index in [0.29, 0.717) is 11.5 Å². The molecular formula is C12H22O2. The minimum absolute atomic E-state index is 0.0293. The number of carboxylic acids is 1. The zero-order valence-electron chi connectivity index (χ0n) is 9.92. The number of aliphatic carboxylic acids is 1. The lowest BCUT2D eigenvalue weighted by Gasteiger charge is -2.28. The van der Waals surface area contributed by atoms with Crippen LogP contribution in [0.5, 0.6) is 0 Å². The lowest BCUT2D eigenvalue weighted by Crippen LogP contribution is -2.20. The molecule has 0 saturated heterocycles. The zero-order valence-corrected chi connectivity index (χ0v) is 9.92. The summed E-state index contributed by atoms with van der Waals surface area (Å²) < 4.78 is 0. The largest absolute Gasteiger partial charge is 0.478 e. The Kier molecular flexibility index (Phi) is 4.89. The van der Waals surface area contributed by atoms with Gasteiger partial charge in [0.1, 0.15) is 0 Å². The highest BCUT2D eigenvalue weighted by Crippen LogP contribution is 2.32. The number of allylic oxidation sites excluding steroid dienone is 1. The Balaban J connectivity index is 4.61. The maximum atomic E-state index is 10.7. The fraction of sp³-hybridized carbons (Fsp3) is 0.750. The molecule has 0 aliphatic rings. The smallest absolute Gasteiger partial charge is 0.330 e. The van der Waals surface area contributed by atoms with Gasteiger partial charge in [-0.15, -0.1) is 0 Å². The first-order chi connectivity index (χ1) is 6.31. The van der Waals surface area contributed by atoms with Crippen LogP contribution >= 0.6 is 0 Å². The Morgan fingerprint density at radius 3 is 2.36 bits per heavy atom. The summed E-state index contributed by atoms with van der Waals surface area (Å²) in [6, 6.07) is 0. The van der Waals surface area contributed by atoms with Crippen molar-refractivity contribution in [2.24, 2.45) is 11.3 Å². The predicted molar refractivity (Wildman–Crippen MR) is 59.2 cm³/mol. The van der Waals surface area contributed by atoms with Crippen molar-refractivity contribution in [1.29, 1.82) is 0 Å². The van der Waals surface area contributed by atoms with Crippen LogP contribution in [-0.2, 0) is 4.79 Å². The lowest BCUT2D eigenvalue weighted by molar-refractivity contribution is -0.132. The Bertz CT molecular complexity index is 226. The first-order valence-electron chi connectivity index (χ1n) is 5.24. The van der Waals surface area contributed by atoms with Gasteiger partial charge in [-0.25, -0.2) is 4.79 Å². The molecule has 0 bridgehead atoms. The van der Waals surface area contributed by atoms with Crippen molar-refractivity contribution >= 4 is 5.97 Å². The molecule has 1 N–H and O–H groups in total. The first-order valence-corrected chi connectivity index (χ1v) is 5.24. The normalized spacial score (nSPS) is 15.4. The summed E-state index contributed by atoms with van der Waals surface area (Å²) in [6.45, 7) is 10.2. The molecule has 0 aromatic carbocycles. The molecular weight excluding hydrogens is 176 g/mol. The SMILES string of the molecule is CCCC(C)C(C)(C)C=C(C)C(=O)O. The van der Waals surface area contributed by atoms with E-state index in [9.17, 15) is 4.79 Å². The summed E-state index contributed by atoms with van der Waals surface area (Å²) in [7, 11) is 0. The van der Waals surface area contributed by atoms with Crippen molar-refractivity contribution in [3.8, 4) is 0 Å². The third-order valence-electron chi connectivity index (χ3n) is 2.92. The Morgan fingerprint density at radius 2 is 2.00 bits per heavy atom. The van der Waals surface area contributed by atoms with Crippen molar-refractivity contribution in [1.82, 2.24) is 0 Å². The summed E-state index contributed by atoms with van der Waals surface area (Å²) >= 11 is 0. The molecule has 0 amide bonds. The van der Waals surface area contributed by atoms with Gasteiger partial charge in [-0.2, -0.15) is 0 Å². The minimum atomic E-state index is -0.818. The van der Waals surface area contributed by atoms with Crippen LogP contribution in [0.25, 0.3) is 0 Å². The van der Waals surface area contributed by atoms with Crippen LogP contribution in [0.4, 0.5) is 0 Å². The van der Waals surface area contributed by atoms with Crippen molar-refractivity contribution in [2.75, 3.05) is 0 Å². The van der Waals surface area contributed by atoms with Gasteiger partial charge in [-0.05, 0) is 18.3 Å². The van der Waals surface area contributed by atoms with Crippen LogP contribution in [-0.4, -0.2) is 11.1 Å². The molecule has 14 heavy (non-hydrogen) atoms. The fourth-order valence-electron chi connectivity index (χ4n) is 1.57. The highest BCUT2D eigenvalue weighted by molar-refractivity contribution is 5.85. The second-order valence-corrected chi connectivity index (χ2v) is 4.64. The van der Waals surface area contributed by atoms with Crippen molar-refractivity contribution in [3.05, 3.63) is 11.6 Å². The quantitative estimate of drug-likeness (QED) is 0.687. The van der Waals surface area contributed by atoms with Gasteiger partial charge in [0.25, 0.3) is 0 Å². The fourth-order valence-corrected chi connectivity index (χ4v) is 1.57. The number of carbonyl (C=O) groups is 1. The molecule has 0 aromatic rings. The third-order valence-corrected chi connectivity index (χ3v) is 2.92. The van der Waals surface area contributed by atoms with Crippen LogP contribution in [0.1, 0.15) is 47.5 Å². The molecule has 0 fully saturated rings. The number of hydrogen-bond acceptors (Lipinski definition) is 1. The maximum absolute atomic E-state index is 10.7. The summed E-state index contributed by atoms with van der Waals surface area (Å²) in [5, 5.41) is 8.79. The van der Waals surface area contributed by atoms with Gasteiger partial charge in [0.15, 0.2) is 0 Å². The summed E-state index contributed by atoms with van der Waals surface area (Å²) in [6.07, 6.45) is 4.15. The zero-order chi connectivity index (χ0) is 11.4. The Morgan fingerprint density at radius 1 is 1.50 bits per heavy atom. The van der Waals surface area contributed by atoms with Crippen LogP contribution < -0.4 is 0 Å². The molecule has 0 aliphatic heterocycles. The molecule has 0 saturated carbocycles. The van der Waals surface area contributed by atoms with E-state index < -0.39 is 5.97 Å². The van der Waals surface area contributed by atoms with Crippen LogP contribution in [0.3, 0.4) is 0 Å². The van der Waals surface area contributed by atoms with Crippen LogP contribution in [0.15, 0.2) is 11.6 Å². The van der Waals surface area contributed by atoms with Gasteiger partial charge < -0.3 is 5.11 Å². The molecule has 1 unspecified atom stereocenters. The molecule has 0 radical (unpaired) electrons. The van der Waals surface area contributed by atoms with E-state index in [4.69, 9.17) is 5.11 Å². The topological polar surface area (TPSA) is 37.3 Å². The second kappa shape index (κ2) is 5.18. The number of carboxylic acid groups (broad SMARTS) is 1. The van der Waals surface area contributed by atoms with Crippen molar-refractivity contribution in [2.45, 2.75) is 47.5 Å². The maximum Gasteiger partial charge on any atom is 0.330 e. The van der Waals surface area contributed by atoms with E-state index >= 15 is 0 Å². The second-order valence-electron chi connectivity index (χ2n) is 4.64. The van der Waals surface area contributed by atoms with E-state index in [-0.39, 0.29) is 5.41 Å². The van der Waals surface area contributed by atoms with Crippen LogP contribution in [0.2, 0.25) is 0 Å². The number of rotatable bonds is 5. The minimum Gasteiger partial charge on any atom is -0.478 e. The van der Waals surface area contributed by atoms with Gasteiger partial charge in [-0.3, -0.25) is 0 Å². The Hall–Kier alpha value is -0.790. The average Bonchev–Trinajstić information content (AvgIpc) is 2.03. The summed E-state index contributed by atoms with van der Waals surface area (Å²) in [5.74, 6) is -0.302. The van der Waals surface area contributed by atoms with Gasteiger partial charge in [0, 0.05) is 5.57 Å². The molecule has 0 spiro atoms. The van der Waals surface area contributed by atoms with E-state index in [0.717, 1.165) is 12.8 Å². The van der Waals surface area contributed by atoms with E-state index in [2.05, 4.69) is 27.7 Å². The van der Waals surface area contributed by atoms with Crippen molar-refractivity contribution < 1.29 is 9.90 Å². The molecule has 2 heteroatoms. The molecule has 0 rings (SSSR count). The highest BCUT2D eigenvalue weighted by Gasteiger charge is 2.23. The Labute approximate surface area is 87.0 Å². The predicted octanol–water partition coefficient (Wildman–Crippen LogP) is 3.48. The molecule has 82 valence electrons. The summed E-state index contributed by atoms with van der Waals surface area (Å²) in [5.41, 5.74) is 0.413. The molecule has 2 nitrogen and oxygen atoms in total. The van der Waals surface area contributed by atoms with E-state index in [1.807, 2.05) is 6.08 Å². The first kappa shape index (κ1) is 13.2. The lowest BCUT2D eigenvalue weighted by atomic mass is 9.76. The average molecular weight is 198 g/mol. The highest BCUT2D eigenvalue weighted by atomic mass is 16.4. The van der Waals surface area contributed by atoms with Crippen molar-refractivity contribution in [3.63, 3.8) is 0 Å². The van der Waals surface area contributed by atoms with Gasteiger partial charge in [-0.1, -0.05) is 46.6 Å². The van der Waals surface area contributed by atoms with Crippen LogP contribution in [0, 0.1) is 11.3 Å². The standard InChI is InChI=1S/C12H22O2/c1-6-7-10(3)12(4,5)8-9(2)11(13)14/h8,10H,6-7H2,1-5H3,(H,13,14). The number of hydrogen-bond donors (Lipinski definition) is 1. The molecule has 0 aliphatic carbocycles. The third kappa shape index (κ3) is 3.95. The molecule has 0 heterocycles. The molecule has 0 aromatic heterocycles. The molecule has 1 atom stereocenters. The van der Waals surface area contributed by atoms with E-state index in [1.54, 1.807) is 6.92 Å². The monoisotopic (exact) mass is 198 g/mol. The van der Waals surface area contributed by atoms with Gasteiger partial charge in [0.05, 0.1) is 0 Å². The van der Waals surface area contributed by atoms with Gasteiger partial charge in [0.2, 0.25) is 0 Å².